The Morgan fingerprint density at radius 3 is 2.64 bits per heavy atom. The van der Waals surface area contributed by atoms with Crippen LogP contribution in [0.1, 0.15) is 24.4 Å². The number of rotatable bonds is 9. The first kappa shape index (κ1) is 19.0. The minimum Gasteiger partial charge on any atom is -0.493 e. The molecule has 134 valence electrons. The van der Waals surface area contributed by atoms with E-state index in [4.69, 9.17) is 10.5 Å². The van der Waals surface area contributed by atoms with Crippen molar-refractivity contribution in [1.82, 2.24) is 4.90 Å². The van der Waals surface area contributed by atoms with Crippen molar-refractivity contribution in [2.24, 2.45) is 5.73 Å². The van der Waals surface area contributed by atoms with E-state index in [2.05, 4.69) is 10.2 Å². The Morgan fingerprint density at radius 2 is 1.92 bits per heavy atom. The average molecular weight is 341 g/mol. The third-order valence-corrected chi connectivity index (χ3v) is 3.77. The van der Waals surface area contributed by atoms with Crippen molar-refractivity contribution >= 4 is 11.6 Å². The summed E-state index contributed by atoms with van der Waals surface area (Å²) in [6, 6.07) is 16.8. The first-order valence-corrected chi connectivity index (χ1v) is 8.52. The van der Waals surface area contributed by atoms with Gasteiger partial charge in [-0.2, -0.15) is 0 Å². The highest BCUT2D eigenvalue weighted by Gasteiger charge is 2.11. The Labute approximate surface area is 149 Å². The molecule has 5 nitrogen and oxygen atoms in total. The second-order valence-corrected chi connectivity index (χ2v) is 6.30. The number of ether oxygens (including phenoxy) is 1. The van der Waals surface area contributed by atoms with Gasteiger partial charge in [0.05, 0.1) is 6.61 Å². The highest BCUT2D eigenvalue weighted by Crippen LogP contribution is 2.19. The molecule has 1 unspecified atom stereocenters. The normalized spacial score (nSPS) is 12.0. The zero-order valence-electron chi connectivity index (χ0n) is 14.9. The fraction of sp³-hybridized carbons (Fsp3) is 0.350. The standard InChI is InChI=1S/C20H27N3O2/c1-23(2)12-7-13-25-18-11-6-10-17(14-18)22-20(24)15-19(21)16-8-4-3-5-9-16/h3-6,8-11,14,19H,7,12-13,15,21H2,1-2H3,(H,22,24). The molecule has 0 aliphatic heterocycles. The molecule has 2 aromatic rings. The van der Waals surface area contributed by atoms with Gasteiger partial charge in [0.1, 0.15) is 5.75 Å². The van der Waals surface area contributed by atoms with Crippen LogP contribution in [-0.4, -0.2) is 38.1 Å². The quantitative estimate of drug-likeness (QED) is 0.688. The van der Waals surface area contributed by atoms with Crippen LogP contribution in [0, 0.1) is 0 Å². The molecular weight excluding hydrogens is 314 g/mol. The van der Waals surface area contributed by atoms with Crippen molar-refractivity contribution in [3.63, 3.8) is 0 Å². The molecule has 0 heterocycles. The molecule has 1 atom stereocenters. The Morgan fingerprint density at radius 1 is 1.16 bits per heavy atom. The second-order valence-electron chi connectivity index (χ2n) is 6.30. The minimum absolute atomic E-state index is 0.110. The number of amides is 1. The zero-order chi connectivity index (χ0) is 18.1. The molecule has 2 rings (SSSR count). The summed E-state index contributed by atoms with van der Waals surface area (Å²) in [5, 5.41) is 2.88. The monoisotopic (exact) mass is 341 g/mol. The lowest BCUT2D eigenvalue weighted by atomic mass is 10.0. The maximum absolute atomic E-state index is 12.2. The van der Waals surface area contributed by atoms with E-state index >= 15 is 0 Å². The third-order valence-electron chi connectivity index (χ3n) is 3.77. The van der Waals surface area contributed by atoms with Crippen molar-refractivity contribution in [2.45, 2.75) is 18.9 Å². The zero-order valence-corrected chi connectivity index (χ0v) is 14.9. The van der Waals surface area contributed by atoms with E-state index < -0.39 is 0 Å². The first-order valence-electron chi connectivity index (χ1n) is 8.52. The second kappa shape index (κ2) is 9.81. The van der Waals surface area contributed by atoms with Gasteiger partial charge in [0.15, 0.2) is 0 Å². The summed E-state index contributed by atoms with van der Waals surface area (Å²) in [5.41, 5.74) is 7.77. The number of hydrogen-bond donors (Lipinski definition) is 2. The van der Waals surface area contributed by atoms with Crippen molar-refractivity contribution in [2.75, 3.05) is 32.6 Å². The van der Waals surface area contributed by atoms with E-state index in [1.165, 1.54) is 0 Å². The van der Waals surface area contributed by atoms with Gasteiger partial charge in [0, 0.05) is 30.8 Å². The van der Waals surface area contributed by atoms with Crippen LogP contribution in [0.25, 0.3) is 0 Å². The maximum Gasteiger partial charge on any atom is 0.226 e. The van der Waals surface area contributed by atoms with Gasteiger partial charge in [-0.15, -0.1) is 0 Å². The average Bonchev–Trinajstić information content (AvgIpc) is 2.59. The van der Waals surface area contributed by atoms with Crippen molar-refractivity contribution in [1.29, 1.82) is 0 Å². The molecule has 0 radical (unpaired) electrons. The minimum atomic E-state index is -0.313. The molecule has 0 fully saturated rings. The molecule has 0 aromatic heterocycles. The highest BCUT2D eigenvalue weighted by molar-refractivity contribution is 5.91. The summed E-state index contributed by atoms with van der Waals surface area (Å²) >= 11 is 0. The first-order chi connectivity index (χ1) is 12.0. The Bertz CT molecular complexity index is 659. The SMILES string of the molecule is CN(C)CCCOc1cccc(NC(=O)CC(N)c2ccccc2)c1. The molecule has 0 saturated carbocycles. The molecule has 25 heavy (non-hydrogen) atoms. The molecule has 0 aliphatic rings. The summed E-state index contributed by atoms with van der Waals surface area (Å²) in [5.74, 6) is 0.644. The van der Waals surface area contributed by atoms with Crippen molar-refractivity contribution in [3.05, 3.63) is 60.2 Å². The van der Waals surface area contributed by atoms with E-state index in [0.717, 1.165) is 30.0 Å². The summed E-state index contributed by atoms with van der Waals surface area (Å²) in [6.07, 6.45) is 1.19. The van der Waals surface area contributed by atoms with Crippen LogP contribution in [-0.2, 0) is 4.79 Å². The third kappa shape index (κ3) is 6.95. The van der Waals surface area contributed by atoms with Crippen LogP contribution >= 0.6 is 0 Å². The van der Waals surface area contributed by atoms with Gasteiger partial charge in [-0.25, -0.2) is 0 Å². The maximum atomic E-state index is 12.2. The summed E-state index contributed by atoms with van der Waals surface area (Å²) in [6.45, 7) is 1.63. The number of anilines is 1. The van der Waals surface area contributed by atoms with E-state index in [1.807, 2.05) is 68.7 Å². The number of benzene rings is 2. The number of carbonyl (C=O) groups is 1. The molecule has 0 saturated heterocycles. The lowest BCUT2D eigenvalue weighted by molar-refractivity contribution is -0.116. The number of nitrogens with two attached hydrogens (primary N) is 1. The lowest BCUT2D eigenvalue weighted by Crippen LogP contribution is -2.20. The molecule has 2 aromatic carbocycles. The van der Waals surface area contributed by atoms with Crippen molar-refractivity contribution < 1.29 is 9.53 Å². The Hall–Kier alpha value is -2.37. The highest BCUT2D eigenvalue weighted by atomic mass is 16.5. The van der Waals surface area contributed by atoms with Crippen LogP contribution in [0.3, 0.4) is 0 Å². The van der Waals surface area contributed by atoms with Crippen LogP contribution in [0.5, 0.6) is 5.75 Å². The van der Waals surface area contributed by atoms with E-state index in [0.29, 0.717) is 6.61 Å². The van der Waals surface area contributed by atoms with Crippen LogP contribution in [0.4, 0.5) is 5.69 Å². The number of nitrogens with zero attached hydrogens (tertiary/aromatic N) is 1. The van der Waals surface area contributed by atoms with Crippen LogP contribution in [0.15, 0.2) is 54.6 Å². The molecule has 0 spiro atoms. The predicted molar refractivity (Wildman–Crippen MR) is 102 cm³/mol. The largest absolute Gasteiger partial charge is 0.493 e. The topological polar surface area (TPSA) is 67.6 Å². The summed E-state index contributed by atoms with van der Waals surface area (Å²) < 4.78 is 5.73. The van der Waals surface area contributed by atoms with Gasteiger partial charge in [-0.3, -0.25) is 4.79 Å². The van der Waals surface area contributed by atoms with Gasteiger partial charge in [-0.05, 0) is 38.2 Å². The van der Waals surface area contributed by atoms with Gasteiger partial charge >= 0.3 is 0 Å². The van der Waals surface area contributed by atoms with Gasteiger partial charge in [0.2, 0.25) is 5.91 Å². The van der Waals surface area contributed by atoms with Crippen LogP contribution in [0.2, 0.25) is 0 Å². The fourth-order valence-electron chi connectivity index (χ4n) is 2.46. The van der Waals surface area contributed by atoms with Gasteiger partial charge < -0.3 is 20.7 Å². The Balaban J connectivity index is 1.83. The molecular formula is C20H27N3O2. The molecule has 5 heteroatoms. The van der Waals surface area contributed by atoms with Gasteiger partial charge in [-0.1, -0.05) is 36.4 Å². The number of carbonyl (C=O) groups excluding carboxylic acids is 1. The van der Waals surface area contributed by atoms with Crippen LogP contribution < -0.4 is 15.8 Å². The number of hydrogen-bond acceptors (Lipinski definition) is 4. The number of nitrogens with one attached hydrogen (secondary N) is 1. The lowest BCUT2D eigenvalue weighted by Gasteiger charge is -2.13. The van der Waals surface area contributed by atoms with Gasteiger partial charge in [0.25, 0.3) is 0 Å². The Kier molecular flexibility index (Phi) is 7.44. The predicted octanol–water partition coefficient (Wildman–Crippen LogP) is 3.05. The fourth-order valence-corrected chi connectivity index (χ4v) is 2.46. The molecule has 1 amide bonds. The van der Waals surface area contributed by atoms with Crippen molar-refractivity contribution in [3.8, 4) is 5.75 Å². The molecule has 3 N–H and O–H groups in total. The van der Waals surface area contributed by atoms with E-state index in [9.17, 15) is 4.79 Å². The summed E-state index contributed by atoms with van der Waals surface area (Å²) in [7, 11) is 4.08. The smallest absolute Gasteiger partial charge is 0.226 e. The summed E-state index contributed by atoms with van der Waals surface area (Å²) in [4.78, 5) is 14.3. The van der Waals surface area contributed by atoms with E-state index in [-0.39, 0.29) is 18.4 Å². The molecule has 0 aliphatic carbocycles. The van der Waals surface area contributed by atoms with E-state index in [1.54, 1.807) is 0 Å². The molecule has 0 bridgehead atoms.